The predicted octanol–water partition coefficient (Wildman–Crippen LogP) is 3.38. The van der Waals surface area contributed by atoms with Gasteiger partial charge in [-0.05, 0) is 60.5 Å². The van der Waals surface area contributed by atoms with Gasteiger partial charge in [-0.3, -0.25) is 9.88 Å². The second-order valence-corrected chi connectivity index (χ2v) is 12.5. The molecule has 1 aliphatic heterocycles. The number of pyridine rings is 1. The Morgan fingerprint density at radius 3 is 2.40 bits per heavy atom. The highest BCUT2D eigenvalue weighted by Gasteiger charge is 2.31. The summed E-state index contributed by atoms with van der Waals surface area (Å²) in [6.07, 6.45) is -3.44. The number of ether oxygens (including phenoxy) is 4. The number of nitriles is 1. The largest absolute Gasteiger partial charge is 0.488 e. The van der Waals surface area contributed by atoms with E-state index in [0.29, 0.717) is 52.2 Å². The molecule has 0 saturated heterocycles. The van der Waals surface area contributed by atoms with Gasteiger partial charge in [-0.1, -0.05) is 35.9 Å². The lowest BCUT2D eigenvalue weighted by atomic mass is 9.96. The molecule has 3 aromatic carbocycles. The third-order valence-corrected chi connectivity index (χ3v) is 8.68. The molecule has 0 bridgehead atoms. The van der Waals surface area contributed by atoms with Crippen molar-refractivity contribution in [3.63, 3.8) is 0 Å². The summed E-state index contributed by atoms with van der Waals surface area (Å²) in [5, 5.41) is 59.2. The molecule has 0 saturated carbocycles. The first-order valence-corrected chi connectivity index (χ1v) is 16.4. The van der Waals surface area contributed by atoms with Crippen LogP contribution in [0.4, 0.5) is 0 Å². The van der Waals surface area contributed by atoms with Crippen LogP contribution in [0.15, 0.2) is 67.0 Å². The standard InChI is InChI=1S/C37H40ClN3O9/c1-22-26(4-3-5-28(22)25-6-7-32-35(12-25)48-9-8-47-32)21-50-34-13-33(49-20-24-10-23(14-39)15-40-16-24)27(11-29(34)38)17-41(2)18-30(43)36(45)37(46)31(44)19-42/h3-7,10-13,15-16,30-31,36-37,42-46H,8-9,17-21H2,1-2H3/t30-,31+,36+,37-/m0/s1. The van der Waals surface area contributed by atoms with Gasteiger partial charge in [0.25, 0.3) is 0 Å². The highest BCUT2D eigenvalue weighted by molar-refractivity contribution is 6.32. The molecule has 0 fully saturated rings. The number of aliphatic hydroxyl groups is 5. The number of hydrogen-bond donors (Lipinski definition) is 5. The van der Waals surface area contributed by atoms with Crippen molar-refractivity contribution in [2.75, 3.05) is 33.4 Å². The zero-order valence-corrected chi connectivity index (χ0v) is 28.5. The van der Waals surface area contributed by atoms with E-state index in [2.05, 4.69) is 11.1 Å². The van der Waals surface area contributed by atoms with Crippen LogP contribution < -0.4 is 18.9 Å². The second-order valence-electron chi connectivity index (χ2n) is 12.1. The highest BCUT2D eigenvalue weighted by atomic mass is 35.5. The van der Waals surface area contributed by atoms with E-state index in [1.54, 1.807) is 36.3 Å². The van der Waals surface area contributed by atoms with Crippen LogP contribution in [0.5, 0.6) is 23.0 Å². The van der Waals surface area contributed by atoms with Gasteiger partial charge in [0.1, 0.15) is 62.3 Å². The number of aromatic nitrogens is 1. The van der Waals surface area contributed by atoms with Crippen molar-refractivity contribution >= 4 is 11.6 Å². The summed E-state index contributed by atoms with van der Waals surface area (Å²) in [6, 6.07) is 19.0. The van der Waals surface area contributed by atoms with E-state index in [4.69, 9.17) is 35.7 Å². The molecule has 264 valence electrons. The molecule has 12 nitrogen and oxygen atoms in total. The molecule has 0 aliphatic carbocycles. The number of halogens is 1. The molecule has 0 amide bonds. The first kappa shape index (κ1) is 36.8. The molecule has 13 heteroatoms. The van der Waals surface area contributed by atoms with Crippen LogP contribution in [0.1, 0.15) is 27.8 Å². The van der Waals surface area contributed by atoms with Gasteiger partial charge in [0.2, 0.25) is 0 Å². The average molecular weight is 706 g/mol. The third-order valence-electron chi connectivity index (χ3n) is 8.38. The van der Waals surface area contributed by atoms with E-state index in [1.165, 1.54) is 6.20 Å². The fourth-order valence-electron chi connectivity index (χ4n) is 5.60. The highest BCUT2D eigenvalue weighted by Crippen LogP contribution is 2.38. The van der Waals surface area contributed by atoms with Crippen molar-refractivity contribution in [1.82, 2.24) is 9.88 Å². The predicted molar refractivity (Wildman–Crippen MR) is 184 cm³/mol. The summed E-state index contributed by atoms with van der Waals surface area (Å²) in [4.78, 5) is 5.77. The Labute approximate surface area is 295 Å². The van der Waals surface area contributed by atoms with E-state index < -0.39 is 31.0 Å². The molecular formula is C37H40ClN3O9. The maximum Gasteiger partial charge on any atom is 0.161 e. The molecule has 0 radical (unpaired) electrons. The van der Waals surface area contributed by atoms with Gasteiger partial charge in [-0.25, -0.2) is 0 Å². The van der Waals surface area contributed by atoms with E-state index in [0.717, 1.165) is 28.0 Å². The SMILES string of the molecule is Cc1c(COc2cc(OCc3cncc(C#N)c3)c(CN(C)C[C@H](O)[C@@H](O)[C@@H](O)[C@H](O)CO)cc2Cl)cccc1-c1ccc2c(c1)OCCO2. The maximum atomic E-state index is 10.5. The molecule has 1 aliphatic rings. The van der Waals surface area contributed by atoms with Crippen LogP contribution in [-0.2, 0) is 19.8 Å². The Hall–Kier alpha value is -4.45. The smallest absolute Gasteiger partial charge is 0.161 e. The molecule has 4 atom stereocenters. The molecule has 4 aromatic rings. The Kier molecular flexibility index (Phi) is 12.5. The van der Waals surface area contributed by atoms with Crippen LogP contribution in [-0.4, -0.2) is 93.2 Å². The molecule has 1 aromatic heterocycles. The number of fused-ring (bicyclic) bond motifs is 1. The van der Waals surface area contributed by atoms with E-state index in [-0.39, 0.29) is 26.3 Å². The summed E-state index contributed by atoms with van der Waals surface area (Å²) in [5.41, 5.74) is 5.67. The van der Waals surface area contributed by atoms with Crippen LogP contribution in [0, 0.1) is 18.3 Å². The first-order valence-electron chi connectivity index (χ1n) is 16.0. The van der Waals surface area contributed by atoms with Gasteiger partial charge in [0, 0.05) is 42.7 Å². The third kappa shape index (κ3) is 9.01. The summed E-state index contributed by atoms with van der Waals surface area (Å²) >= 11 is 6.75. The molecule has 0 spiro atoms. The summed E-state index contributed by atoms with van der Waals surface area (Å²) in [7, 11) is 1.69. The minimum Gasteiger partial charge on any atom is -0.488 e. The minimum absolute atomic E-state index is 0.0869. The lowest BCUT2D eigenvalue weighted by molar-refractivity contribution is -0.118. The molecule has 0 unspecified atom stereocenters. The van der Waals surface area contributed by atoms with E-state index in [1.807, 2.05) is 43.3 Å². The van der Waals surface area contributed by atoms with Crippen molar-refractivity contribution in [1.29, 1.82) is 5.26 Å². The molecule has 2 heterocycles. The molecule has 5 rings (SSSR count). The molecule has 50 heavy (non-hydrogen) atoms. The summed E-state index contributed by atoms with van der Waals surface area (Å²) < 4.78 is 23.9. The normalized spacial score (nSPS) is 14.8. The number of nitrogens with zero attached hydrogens (tertiary/aromatic N) is 3. The zero-order valence-electron chi connectivity index (χ0n) is 27.7. The molecule has 5 N–H and O–H groups in total. The van der Waals surface area contributed by atoms with Crippen molar-refractivity contribution in [3.05, 3.63) is 99.8 Å². The van der Waals surface area contributed by atoms with Crippen LogP contribution in [0.3, 0.4) is 0 Å². The van der Waals surface area contributed by atoms with Crippen LogP contribution in [0.2, 0.25) is 5.02 Å². The number of benzene rings is 3. The van der Waals surface area contributed by atoms with Crippen molar-refractivity contribution in [2.24, 2.45) is 0 Å². The van der Waals surface area contributed by atoms with Gasteiger partial charge in [0.15, 0.2) is 11.5 Å². The second kappa shape index (κ2) is 17.0. The van der Waals surface area contributed by atoms with Crippen molar-refractivity contribution in [3.8, 4) is 40.2 Å². The lowest BCUT2D eigenvalue weighted by Crippen LogP contribution is -2.49. The quantitative estimate of drug-likeness (QED) is 0.122. The number of rotatable bonds is 15. The molecular weight excluding hydrogens is 666 g/mol. The van der Waals surface area contributed by atoms with Gasteiger partial charge in [0.05, 0.1) is 23.3 Å². The lowest BCUT2D eigenvalue weighted by Gasteiger charge is -2.29. The fourth-order valence-corrected chi connectivity index (χ4v) is 5.84. The van der Waals surface area contributed by atoms with E-state index >= 15 is 0 Å². The Morgan fingerprint density at radius 2 is 1.64 bits per heavy atom. The summed E-state index contributed by atoms with van der Waals surface area (Å²) in [5.74, 6) is 2.22. The van der Waals surface area contributed by atoms with E-state index in [9.17, 15) is 25.7 Å². The number of hydrogen-bond acceptors (Lipinski definition) is 12. The van der Waals surface area contributed by atoms with Gasteiger partial charge < -0.3 is 44.5 Å². The number of likely N-dealkylation sites (N-methyl/N-ethyl adjacent to an activating group) is 1. The monoisotopic (exact) mass is 705 g/mol. The zero-order chi connectivity index (χ0) is 35.8. The van der Waals surface area contributed by atoms with Crippen molar-refractivity contribution in [2.45, 2.75) is 51.1 Å². The minimum atomic E-state index is -1.74. The Balaban J connectivity index is 1.35. The van der Waals surface area contributed by atoms with Crippen LogP contribution >= 0.6 is 11.6 Å². The van der Waals surface area contributed by atoms with Crippen molar-refractivity contribution < 1.29 is 44.5 Å². The van der Waals surface area contributed by atoms with Gasteiger partial charge in [-0.15, -0.1) is 0 Å². The first-order chi connectivity index (χ1) is 24.1. The Morgan fingerprint density at radius 1 is 0.900 bits per heavy atom. The van der Waals surface area contributed by atoms with Gasteiger partial charge >= 0.3 is 0 Å². The average Bonchev–Trinajstić information content (AvgIpc) is 3.13. The fraction of sp³-hybridized carbons (Fsp3) is 0.351. The Bertz CT molecular complexity index is 1820. The summed E-state index contributed by atoms with van der Waals surface area (Å²) in [6.45, 7) is 2.67. The topological polar surface area (TPSA) is 178 Å². The number of aliphatic hydroxyl groups excluding tert-OH is 5. The maximum absolute atomic E-state index is 10.5. The van der Waals surface area contributed by atoms with Crippen LogP contribution in [0.25, 0.3) is 11.1 Å². The van der Waals surface area contributed by atoms with Gasteiger partial charge in [-0.2, -0.15) is 5.26 Å².